The third-order valence-corrected chi connectivity index (χ3v) is 5.11. The SMILES string of the molecule is Cc1nn(CCCNC(=O)c2ccc(COc3cccc4ccccc34)o2)cc1Cl. The molecule has 0 bridgehead atoms. The first kappa shape index (κ1) is 20.0. The minimum Gasteiger partial charge on any atom is -0.485 e. The number of aromatic nitrogens is 2. The maximum atomic E-state index is 12.3. The van der Waals surface area contributed by atoms with Gasteiger partial charge in [-0.25, -0.2) is 0 Å². The van der Waals surface area contributed by atoms with Gasteiger partial charge < -0.3 is 14.5 Å². The maximum Gasteiger partial charge on any atom is 0.286 e. The highest BCUT2D eigenvalue weighted by atomic mass is 35.5. The van der Waals surface area contributed by atoms with E-state index in [4.69, 9.17) is 20.8 Å². The van der Waals surface area contributed by atoms with Gasteiger partial charge in [0.2, 0.25) is 0 Å². The van der Waals surface area contributed by atoms with Crippen LogP contribution in [0.15, 0.2) is 65.2 Å². The minimum absolute atomic E-state index is 0.249. The second-order valence-corrected chi connectivity index (χ2v) is 7.37. The van der Waals surface area contributed by atoms with E-state index in [2.05, 4.69) is 10.4 Å². The Kier molecular flexibility index (Phi) is 6.05. The molecule has 7 heteroatoms. The number of rotatable bonds is 8. The van der Waals surface area contributed by atoms with Gasteiger partial charge in [-0.15, -0.1) is 0 Å². The Hall–Kier alpha value is -3.25. The number of aryl methyl sites for hydroxylation is 2. The summed E-state index contributed by atoms with van der Waals surface area (Å²) in [5, 5.41) is 9.95. The number of carbonyl (C=O) groups excluding carboxylic acids is 1. The first-order chi connectivity index (χ1) is 14.6. The lowest BCUT2D eigenvalue weighted by molar-refractivity contribution is 0.0921. The number of amides is 1. The van der Waals surface area contributed by atoms with Gasteiger partial charge in [0.05, 0.1) is 10.7 Å². The maximum absolute atomic E-state index is 12.3. The van der Waals surface area contributed by atoms with E-state index >= 15 is 0 Å². The average molecular weight is 424 g/mol. The molecule has 0 atom stereocenters. The van der Waals surface area contributed by atoms with E-state index in [1.807, 2.05) is 49.4 Å². The normalized spacial score (nSPS) is 11.0. The van der Waals surface area contributed by atoms with Crippen molar-refractivity contribution in [2.24, 2.45) is 0 Å². The van der Waals surface area contributed by atoms with Crippen molar-refractivity contribution in [2.75, 3.05) is 6.54 Å². The lowest BCUT2D eigenvalue weighted by atomic mass is 10.1. The molecular formula is C23H22ClN3O3. The second kappa shape index (κ2) is 9.05. The molecule has 4 aromatic rings. The number of halogens is 1. The Morgan fingerprint density at radius 1 is 1.17 bits per heavy atom. The van der Waals surface area contributed by atoms with Crippen LogP contribution in [0, 0.1) is 6.92 Å². The summed E-state index contributed by atoms with van der Waals surface area (Å²) >= 11 is 5.99. The molecule has 0 unspecified atom stereocenters. The summed E-state index contributed by atoms with van der Waals surface area (Å²) in [6, 6.07) is 17.4. The van der Waals surface area contributed by atoms with Crippen molar-refractivity contribution in [2.45, 2.75) is 26.5 Å². The Labute approximate surface area is 179 Å². The van der Waals surface area contributed by atoms with Gasteiger partial charge in [-0.3, -0.25) is 9.48 Å². The highest BCUT2D eigenvalue weighted by Gasteiger charge is 2.12. The molecule has 1 amide bonds. The summed E-state index contributed by atoms with van der Waals surface area (Å²) in [5.41, 5.74) is 0.800. The van der Waals surface area contributed by atoms with Crippen molar-refractivity contribution >= 4 is 28.3 Å². The number of furan rings is 1. The van der Waals surface area contributed by atoms with Gasteiger partial charge in [-0.2, -0.15) is 5.10 Å². The molecule has 0 saturated heterocycles. The first-order valence-corrected chi connectivity index (χ1v) is 10.1. The van der Waals surface area contributed by atoms with Crippen LogP contribution in [0.3, 0.4) is 0 Å². The van der Waals surface area contributed by atoms with Crippen LogP contribution in [0.4, 0.5) is 0 Å². The Morgan fingerprint density at radius 2 is 2.00 bits per heavy atom. The molecule has 0 saturated carbocycles. The van der Waals surface area contributed by atoms with Gasteiger partial charge in [0.1, 0.15) is 18.1 Å². The molecule has 6 nitrogen and oxygen atoms in total. The average Bonchev–Trinajstić information content (AvgIpc) is 3.36. The Morgan fingerprint density at radius 3 is 2.83 bits per heavy atom. The number of nitrogens with zero attached hydrogens (tertiary/aromatic N) is 2. The molecule has 0 radical (unpaired) electrons. The molecule has 2 heterocycles. The molecule has 30 heavy (non-hydrogen) atoms. The zero-order valence-electron chi connectivity index (χ0n) is 16.6. The molecular weight excluding hydrogens is 402 g/mol. The first-order valence-electron chi connectivity index (χ1n) is 9.77. The van der Waals surface area contributed by atoms with E-state index in [-0.39, 0.29) is 18.3 Å². The van der Waals surface area contributed by atoms with Crippen LogP contribution >= 0.6 is 11.6 Å². The molecule has 0 spiro atoms. The van der Waals surface area contributed by atoms with E-state index in [0.717, 1.165) is 28.6 Å². The van der Waals surface area contributed by atoms with E-state index in [1.165, 1.54) is 0 Å². The molecule has 2 aromatic heterocycles. The number of ether oxygens (including phenoxy) is 1. The third kappa shape index (κ3) is 4.66. The van der Waals surface area contributed by atoms with Gasteiger partial charge in [-0.1, -0.05) is 48.0 Å². The number of benzene rings is 2. The minimum atomic E-state index is -0.249. The fraction of sp³-hybridized carbons (Fsp3) is 0.217. The molecule has 0 aliphatic carbocycles. The largest absolute Gasteiger partial charge is 0.485 e. The van der Waals surface area contributed by atoms with Crippen LogP contribution in [0.2, 0.25) is 5.02 Å². The summed E-state index contributed by atoms with van der Waals surface area (Å²) in [4.78, 5) is 12.3. The van der Waals surface area contributed by atoms with Crippen molar-refractivity contribution in [3.05, 3.63) is 83.0 Å². The van der Waals surface area contributed by atoms with Crippen LogP contribution in [0.1, 0.15) is 28.4 Å². The van der Waals surface area contributed by atoms with Crippen LogP contribution in [0.5, 0.6) is 5.75 Å². The monoisotopic (exact) mass is 423 g/mol. The van der Waals surface area contributed by atoms with Gasteiger partial charge in [0, 0.05) is 24.7 Å². The fourth-order valence-corrected chi connectivity index (χ4v) is 3.34. The topological polar surface area (TPSA) is 69.3 Å². The van der Waals surface area contributed by atoms with E-state index in [1.54, 1.807) is 23.0 Å². The second-order valence-electron chi connectivity index (χ2n) is 6.97. The predicted molar refractivity (Wildman–Crippen MR) is 116 cm³/mol. The Bertz CT molecular complexity index is 1140. The van der Waals surface area contributed by atoms with E-state index in [9.17, 15) is 4.79 Å². The summed E-state index contributed by atoms with van der Waals surface area (Å²) in [6.07, 6.45) is 2.52. The number of hydrogen-bond donors (Lipinski definition) is 1. The van der Waals surface area contributed by atoms with Crippen LogP contribution < -0.4 is 10.1 Å². The molecule has 0 aliphatic rings. The molecule has 154 valence electrons. The molecule has 0 aliphatic heterocycles. The highest BCUT2D eigenvalue weighted by molar-refractivity contribution is 6.31. The highest BCUT2D eigenvalue weighted by Crippen LogP contribution is 2.26. The van der Waals surface area contributed by atoms with Gasteiger partial charge in [-0.05, 0) is 36.9 Å². The Balaban J connectivity index is 1.27. The lowest BCUT2D eigenvalue weighted by Gasteiger charge is -2.08. The number of carbonyl (C=O) groups is 1. The smallest absolute Gasteiger partial charge is 0.286 e. The quantitative estimate of drug-likeness (QED) is 0.405. The standard InChI is InChI=1S/C23H22ClN3O3/c1-16-20(24)14-27(26-16)13-5-12-25-23(28)22-11-10-18(30-22)15-29-21-9-4-7-17-6-2-3-8-19(17)21/h2-4,6-11,14H,5,12-13,15H2,1H3,(H,25,28). The lowest BCUT2D eigenvalue weighted by Crippen LogP contribution is -2.24. The summed E-state index contributed by atoms with van der Waals surface area (Å²) in [6.45, 7) is 3.30. The van der Waals surface area contributed by atoms with E-state index < -0.39 is 0 Å². The van der Waals surface area contributed by atoms with E-state index in [0.29, 0.717) is 23.9 Å². The summed E-state index contributed by atoms with van der Waals surface area (Å²) in [7, 11) is 0. The summed E-state index contributed by atoms with van der Waals surface area (Å²) in [5.74, 6) is 1.39. The van der Waals surface area contributed by atoms with Crippen molar-refractivity contribution in [3.63, 3.8) is 0 Å². The summed E-state index contributed by atoms with van der Waals surface area (Å²) < 4.78 is 13.3. The van der Waals surface area contributed by atoms with Gasteiger partial charge in [0.15, 0.2) is 5.76 Å². The third-order valence-electron chi connectivity index (χ3n) is 4.74. The van der Waals surface area contributed by atoms with Crippen molar-refractivity contribution < 1.29 is 13.9 Å². The van der Waals surface area contributed by atoms with Crippen LogP contribution in [0.25, 0.3) is 10.8 Å². The van der Waals surface area contributed by atoms with Crippen molar-refractivity contribution in [1.29, 1.82) is 0 Å². The molecule has 1 N–H and O–H groups in total. The fourth-order valence-electron chi connectivity index (χ4n) is 3.19. The zero-order valence-corrected chi connectivity index (χ0v) is 17.4. The van der Waals surface area contributed by atoms with Crippen molar-refractivity contribution in [1.82, 2.24) is 15.1 Å². The van der Waals surface area contributed by atoms with Crippen molar-refractivity contribution in [3.8, 4) is 5.75 Å². The van der Waals surface area contributed by atoms with Gasteiger partial charge in [0.25, 0.3) is 5.91 Å². The molecule has 0 fully saturated rings. The zero-order chi connectivity index (χ0) is 20.9. The number of hydrogen-bond acceptors (Lipinski definition) is 4. The van der Waals surface area contributed by atoms with Crippen LogP contribution in [-0.4, -0.2) is 22.2 Å². The number of nitrogens with one attached hydrogen (secondary N) is 1. The van der Waals surface area contributed by atoms with Crippen LogP contribution in [-0.2, 0) is 13.2 Å². The van der Waals surface area contributed by atoms with Gasteiger partial charge >= 0.3 is 0 Å². The predicted octanol–water partition coefficient (Wildman–Crippen LogP) is 4.99. The molecule has 4 rings (SSSR count). The number of fused-ring (bicyclic) bond motifs is 1. The molecule has 2 aromatic carbocycles.